The Morgan fingerprint density at radius 2 is 1.95 bits per heavy atom. The standard InChI is InChI=1S/C13H7BrF2N2O3/c14-12-10(2-1-3-11(12)16)13(19)17-8-4-7(15)5-9(6-8)18(20)21/h1-6H,(H,17,19). The first-order valence-corrected chi connectivity index (χ1v) is 6.38. The Bertz CT molecular complexity index is 737. The lowest BCUT2D eigenvalue weighted by Crippen LogP contribution is -2.13. The average molecular weight is 357 g/mol. The molecule has 0 aliphatic rings. The van der Waals surface area contributed by atoms with Crippen LogP contribution in [0.5, 0.6) is 0 Å². The van der Waals surface area contributed by atoms with Gasteiger partial charge in [0.05, 0.1) is 26.7 Å². The van der Waals surface area contributed by atoms with E-state index in [0.29, 0.717) is 0 Å². The monoisotopic (exact) mass is 356 g/mol. The summed E-state index contributed by atoms with van der Waals surface area (Å²) in [5.41, 5.74) is -0.603. The van der Waals surface area contributed by atoms with E-state index in [1.807, 2.05) is 0 Å². The van der Waals surface area contributed by atoms with E-state index in [-0.39, 0.29) is 15.7 Å². The highest BCUT2D eigenvalue weighted by atomic mass is 79.9. The van der Waals surface area contributed by atoms with Crippen molar-refractivity contribution in [1.82, 2.24) is 0 Å². The van der Waals surface area contributed by atoms with Crippen molar-refractivity contribution in [1.29, 1.82) is 0 Å². The molecule has 0 radical (unpaired) electrons. The van der Waals surface area contributed by atoms with Crippen molar-refractivity contribution < 1.29 is 18.5 Å². The van der Waals surface area contributed by atoms with Gasteiger partial charge in [-0.2, -0.15) is 0 Å². The minimum atomic E-state index is -0.863. The lowest BCUT2D eigenvalue weighted by atomic mass is 10.2. The maximum Gasteiger partial charge on any atom is 0.274 e. The SMILES string of the molecule is O=C(Nc1cc(F)cc([N+](=O)[O-])c1)c1cccc(F)c1Br. The zero-order chi connectivity index (χ0) is 15.6. The number of nitro groups is 1. The maximum atomic E-state index is 13.3. The van der Waals surface area contributed by atoms with Crippen LogP contribution in [0.25, 0.3) is 0 Å². The smallest absolute Gasteiger partial charge is 0.274 e. The number of carbonyl (C=O) groups excluding carboxylic acids is 1. The first-order chi connectivity index (χ1) is 9.88. The van der Waals surface area contributed by atoms with Crippen molar-refractivity contribution in [3.8, 4) is 0 Å². The lowest BCUT2D eigenvalue weighted by molar-refractivity contribution is -0.385. The molecule has 5 nitrogen and oxygen atoms in total. The van der Waals surface area contributed by atoms with Gasteiger partial charge in [-0.3, -0.25) is 14.9 Å². The largest absolute Gasteiger partial charge is 0.322 e. The second-order valence-electron chi connectivity index (χ2n) is 4.01. The van der Waals surface area contributed by atoms with Crippen LogP contribution in [0.4, 0.5) is 20.2 Å². The molecule has 0 aliphatic heterocycles. The Labute approximate surface area is 125 Å². The summed E-state index contributed by atoms with van der Waals surface area (Å²) < 4.78 is 26.5. The molecule has 21 heavy (non-hydrogen) atoms. The molecular formula is C13H7BrF2N2O3. The number of hydrogen-bond donors (Lipinski definition) is 1. The van der Waals surface area contributed by atoms with Crippen LogP contribution >= 0.6 is 15.9 Å². The third-order valence-electron chi connectivity index (χ3n) is 2.55. The maximum absolute atomic E-state index is 13.3. The van der Waals surface area contributed by atoms with E-state index in [2.05, 4.69) is 21.2 Å². The summed E-state index contributed by atoms with van der Waals surface area (Å²) in [4.78, 5) is 21.8. The van der Waals surface area contributed by atoms with Gasteiger partial charge in [-0.15, -0.1) is 0 Å². The van der Waals surface area contributed by atoms with Crippen molar-refractivity contribution in [2.75, 3.05) is 5.32 Å². The number of nitrogens with one attached hydrogen (secondary N) is 1. The predicted octanol–water partition coefficient (Wildman–Crippen LogP) is 3.89. The number of hydrogen-bond acceptors (Lipinski definition) is 3. The van der Waals surface area contributed by atoms with Crippen LogP contribution in [0.2, 0.25) is 0 Å². The molecule has 0 fully saturated rings. The minimum absolute atomic E-state index is 0.0121. The first kappa shape index (κ1) is 15.0. The molecule has 0 saturated heterocycles. The summed E-state index contributed by atoms with van der Waals surface area (Å²) in [7, 11) is 0. The fourth-order valence-corrected chi connectivity index (χ4v) is 2.07. The number of carbonyl (C=O) groups is 1. The number of benzene rings is 2. The summed E-state index contributed by atoms with van der Waals surface area (Å²) in [6.07, 6.45) is 0. The van der Waals surface area contributed by atoms with E-state index in [0.717, 1.165) is 24.3 Å². The third-order valence-corrected chi connectivity index (χ3v) is 3.35. The van der Waals surface area contributed by atoms with E-state index in [1.54, 1.807) is 0 Å². The van der Waals surface area contributed by atoms with E-state index in [4.69, 9.17) is 0 Å². The van der Waals surface area contributed by atoms with Crippen LogP contribution in [0.15, 0.2) is 40.9 Å². The summed E-state index contributed by atoms with van der Waals surface area (Å²) in [5.74, 6) is -2.22. The second-order valence-corrected chi connectivity index (χ2v) is 4.80. The molecule has 0 spiro atoms. The highest BCUT2D eigenvalue weighted by Crippen LogP contribution is 2.24. The molecule has 0 saturated carbocycles. The van der Waals surface area contributed by atoms with Crippen molar-refractivity contribution in [2.45, 2.75) is 0 Å². The van der Waals surface area contributed by atoms with Gasteiger partial charge in [0.15, 0.2) is 0 Å². The van der Waals surface area contributed by atoms with E-state index < -0.39 is 28.2 Å². The summed E-state index contributed by atoms with van der Waals surface area (Å²) in [5, 5.41) is 12.9. The number of amides is 1. The van der Waals surface area contributed by atoms with Gasteiger partial charge in [-0.05, 0) is 34.1 Å². The number of nitrogens with zero attached hydrogens (tertiary/aromatic N) is 1. The second kappa shape index (κ2) is 5.96. The normalized spacial score (nSPS) is 10.2. The van der Waals surface area contributed by atoms with Crippen LogP contribution in [0.1, 0.15) is 10.4 Å². The van der Waals surface area contributed by atoms with Gasteiger partial charge < -0.3 is 5.32 Å². The fraction of sp³-hybridized carbons (Fsp3) is 0. The van der Waals surface area contributed by atoms with Gasteiger partial charge in [-0.1, -0.05) is 6.07 Å². The quantitative estimate of drug-likeness (QED) is 0.669. The zero-order valence-electron chi connectivity index (χ0n) is 10.3. The summed E-state index contributed by atoms with van der Waals surface area (Å²) >= 11 is 2.93. The number of anilines is 1. The molecular weight excluding hydrogens is 350 g/mol. The number of non-ortho nitro benzene ring substituents is 1. The van der Waals surface area contributed by atoms with E-state index in [9.17, 15) is 23.7 Å². The first-order valence-electron chi connectivity index (χ1n) is 5.59. The average Bonchev–Trinajstić information content (AvgIpc) is 2.41. The molecule has 2 aromatic rings. The van der Waals surface area contributed by atoms with E-state index in [1.165, 1.54) is 12.1 Å². The number of rotatable bonds is 3. The van der Waals surface area contributed by atoms with Gasteiger partial charge in [0, 0.05) is 6.07 Å². The zero-order valence-corrected chi connectivity index (χ0v) is 11.9. The Morgan fingerprint density at radius 3 is 2.62 bits per heavy atom. The molecule has 0 bridgehead atoms. The Morgan fingerprint density at radius 1 is 1.24 bits per heavy atom. The minimum Gasteiger partial charge on any atom is -0.322 e. The van der Waals surface area contributed by atoms with Crippen molar-refractivity contribution >= 4 is 33.2 Å². The predicted molar refractivity (Wildman–Crippen MR) is 75.1 cm³/mol. The Kier molecular flexibility index (Phi) is 4.27. The molecule has 2 aromatic carbocycles. The topological polar surface area (TPSA) is 72.2 Å². The molecule has 108 valence electrons. The van der Waals surface area contributed by atoms with Crippen molar-refractivity contribution in [3.05, 3.63) is 68.2 Å². The van der Waals surface area contributed by atoms with E-state index >= 15 is 0 Å². The Hall–Kier alpha value is -2.35. The van der Waals surface area contributed by atoms with Crippen LogP contribution in [-0.2, 0) is 0 Å². The van der Waals surface area contributed by atoms with Gasteiger partial charge in [-0.25, -0.2) is 8.78 Å². The molecule has 0 atom stereocenters. The lowest BCUT2D eigenvalue weighted by Gasteiger charge is -2.07. The molecule has 2 rings (SSSR count). The highest BCUT2D eigenvalue weighted by molar-refractivity contribution is 9.10. The highest BCUT2D eigenvalue weighted by Gasteiger charge is 2.15. The summed E-state index contributed by atoms with van der Waals surface area (Å²) in [6, 6.07) is 6.52. The summed E-state index contributed by atoms with van der Waals surface area (Å²) in [6.45, 7) is 0. The van der Waals surface area contributed by atoms with Crippen LogP contribution < -0.4 is 5.32 Å². The number of nitro benzene ring substituents is 1. The molecule has 0 heterocycles. The molecule has 0 aromatic heterocycles. The van der Waals surface area contributed by atoms with Crippen molar-refractivity contribution in [3.63, 3.8) is 0 Å². The van der Waals surface area contributed by atoms with Crippen LogP contribution in [0.3, 0.4) is 0 Å². The molecule has 0 aliphatic carbocycles. The van der Waals surface area contributed by atoms with Crippen LogP contribution in [0, 0.1) is 21.7 Å². The fourth-order valence-electron chi connectivity index (χ4n) is 1.63. The van der Waals surface area contributed by atoms with Crippen LogP contribution in [-0.4, -0.2) is 10.8 Å². The third kappa shape index (κ3) is 3.40. The number of halogens is 3. The van der Waals surface area contributed by atoms with Gasteiger partial charge in [0.25, 0.3) is 11.6 Å². The van der Waals surface area contributed by atoms with Gasteiger partial charge >= 0.3 is 0 Å². The van der Waals surface area contributed by atoms with Gasteiger partial charge in [0.2, 0.25) is 0 Å². The Balaban J connectivity index is 2.31. The molecule has 0 unspecified atom stereocenters. The molecule has 8 heteroatoms. The van der Waals surface area contributed by atoms with Gasteiger partial charge in [0.1, 0.15) is 11.6 Å². The molecule has 1 amide bonds. The molecule has 1 N–H and O–H groups in total. The van der Waals surface area contributed by atoms with Crippen molar-refractivity contribution in [2.24, 2.45) is 0 Å².